The molecular formula is C17H12F3N3O6. The number of ether oxygens (including phenoxy) is 1. The number of benzene rings is 2. The molecule has 0 aliphatic rings. The van der Waals surface area contributed by atoms with Crippen LogP contribution >= 0.6 is 0 Å². The summed E-state index contributed by atoms with van der Waals surface area (Å²) in [6.07, 6.45) is -4.88. The molecule has 152 valence electrons. The molecule has 1 N–H and O–H groups in total. The number of nitro groups is 1. The molecule has 1 heterocycles. The van der Waals surface area contributed by atoms with Crippen LogP contribution in [-0.2, 0) is 17.9 Å². The number of carbonyl (C=O) groups is 1. The third-order valence-electron chi connectivity index (χ3n) is 3.84. The molecule has 0 aliphatic heterocycles. The van der Waals surface area contributed by atoms with E-state index >= 15 is 0 Å². The second-order valence-corrected chi connectivity index (χ2v) is 5.80. The van der Waals surface area contributed by atoms with Gasteiger partial charge in [-0.1, -0.05) is 18.2 Å². The van der Waals surface area contributed by atoms with Gasteiger partial charge in [-0.2, -0.15) is 0 Å². The van der Waals surface area contributed by atoms with Gasteiger partial charge in [-0.05, 0) is 12.1 Å². The first-order chi connectivity index (χ1) is 13.6. The van der Waals surface area contributed by atoms with Gasteiger partial charge in [-0.15, -0.1) is 13.2 Å². The van der Waals surface area contributed by atoms with Crippen LogP contribution in [0.1, 0.15) is 5.56 Å². The summed E-state index contributed by atoms with van der Waals surface area (Å²) >= 11 is 0. The summed E-state index contributed by atoms with van der Waals surface area (Å²) in [6, 6.07) is 8.74. The molecule has 0 radical (unpaired) electrons. The van der Waals surface area contributed by atoms with Crippen LogP contribution in [0.2, 0.25) is 0 Å². The van der Waals surface area contributed by atoms with E-state index in [1.54, 1.807) is 0 Å². The normalized spacial score (nSPS) is 11.4. The number of nitrogens with zero attached hydrogens (tertiary/aromatic N) is 2. The van der Waals surface area contributed by atoms with E-state index in [1.165, 1.54) is 24.3 Å². The van der Waals surface area contributed by atoms with Gasteiger partial charge in [0.15, 0.2) is 5.58 Å². The lowest BCUT2D eigenvalue weighted by Gasteiger charge is -2.13. The number of non-ortho nitro benzene ring substituents is 1. The predicted octanol–water partition coefficient (Wildman–Crippen LogP) is 2.72. The van der Waals surface area contributed by atoms with Crippen molar-refractivity contribution in [2.24, 2.45) is 0 Å². The first kappa shape index (κ1) is 19.9. The molecule has 12 heteroatoms. The molecule has 2 aromatic carbocycles. The summed E-state index contributed by atoms with van der Waals surface area (Å²) < 4.78 is 47.1. The molecule has 0 spiro atoms. The van der Waals surface area contributed by atoms with Crippen LogP contribution in [0.5, 0.6) is 5.75 Å². The molecule has 0 aliphatic carbocycles. The first-order valence-electron chi connectivity index (χ1n) is 8.02. The number of hydrogen-bond acceptors (Lipinski definition) is 6. The number of amides is 1. The number of nitro benzene ring substituents is 1. The van der Waals surface area contributed by atoms with Gasteiger partial charge in [-0.25, -0.2) is 4.79 Å². The van der Waals surface area contributed by atoms with Gasteiger partial charge in [-0.3, -0.25) is 19.5 Å². The number of carbonyl (C=O) groups excluding carboxylic acids is 1. The molecular weight excluding hydrogens is 399 g/mol. The van der Waals surface area contributed by atoms with Crippen LogP contribution in [0.3, 0.4) is 0 Å². The van der Waals surface area contributed by atoms with E-state index in [-0.39, 0.29) is 28.9 Å². The molecule has 0 saturated heterocycles. The monoisotopic (exact) mass is 411 g/mol. The molecule has 0 saturated carbocycles. The quantitative estimate of drug-likeness (QED) is 0.492. The summed E-state index contributed by atoms with van der Waals surface area (Å²) in [7, 11) is 0. The maximum Gasteiger partial charge on any atom is 0.573 e. The highest BCUT2D eigenvalue weighted by molar-refractivity contribution is 5.80. The van der Waals surface area contributed by atoms with Crippen molar-refractivity contribution >= 4 is 22.7 Å². The summed E-state index contributed by atoms with van der Waals surface area (Å²) in [5.41, 5.74) is -0.111. The van der Waals surface area contributed by atoms with Gasteiger partial charge in [0.05, 0.1) is 16.5 Å². The van der Waals surface area contributed by atoms with Gasteiger partial charge in [0, 0.05) is 18.2 Å². The molecule has 0 unspecified atom stereocenters. The lowest BCUT2D eigenvalue weighted by atomic mass is 10.2. The molecule has 3 aromatic rings. The predicted molar refractivity (Wildman–Crippen MR) is 92.1 cm³/mol. The van der Waals surface area contributed by atoms with E-state index in [1.807, 2.05) is 0 Å². The highest BCUT2D eigenvalue weighted by atomic mass is 19.4. The zero-order valence-electron chi connectivity index (χ0n) is 14.4. The van der Waals surface area contributed by atoms with E-state index in [0.29, 0.717) is 0 Å². The van der Waals surface area contributed by atoms with Crippen molar-refractivity contribution in [3.63, 3.8) is 0 Å². The Kier molecular flexibility index (Phi) is 5.26. The second-order valence-electron chi connectivity index (χ2n) is 5.80. The Morgan fingerprint density at radius 2 is 1.97 bits per heavy atom. The third-order valence-corrected chi connectivity index (χ3v) is 3.84. The number of para-hydroxylation sites is 1. The number of oxazole rings is 1. The highest BCUT2D eigenvalue weighted by Gasteiger charge is 2.32. The summed E-state index contributed by atoms with van der Waals surface area (Å²) in [6.45, 7) is -0.771. The molecule has 1 amide bonds. The lowest BCUT2D eigenvalue weighted by molar-refractivity contribution is -0.384. The van der Waals surface area contributed by atoms with Crippen LogP contribution in [-0.4, -0.2) is 21.8 Å². The Balaban J connectivity index is 1.73. The van der Waals surface area contributed by atoms with Gasteiger partial charge in [0.25, 0.3) is 5.69 Å². The molecule has 9 nitrogen and oxygen atoms in total. The largest absolute Gasteiger partial charge is 0.573 e. The zero-order valence-corrected chi connectivity index (χ0v) is 14.4. The Labute approximate surface area is 159 Å². The average Bonchev–Trinajstić information content (AvgIpc) is 2.94. The minimum absolute atomic E-state index is 0.0686. The molecule has 3 rings (SSSR count). The second kappa shape index (κ2) is 7.66. The maximum atomic E-state index is 12.4. The van der Waals surface area contributed by atoms with E-state index < -0.39 is 35.2 Å². The van der Waals surface area contributed by atoms with Gasteiger partial charge in [0.2, 0.25) is 5.91 Å². The molecule has 1 aromatic heterocycles. The summed E-state index contributed by atoms with van der Waals surface area (Å²) in [5, 5.41) is 13.2. The van der Waals surface area contributed by atoms with Crippen LogP contribution in [0.4, 0.5) is 18.9 Å². The third kappa shape index (κ3) is 4.72. The number of hydrogen-bond donors (Lipinski definition) is 1. The number of nitrogens with one attached hydrogen (secondary N) is 1. The fourth-order valence-electron chi connectivity index (χ4n) is 2.59. The van der Waals surface area contributed by atoms with Crippen LogP contribution in [0.25, 0.3) is 11.1 Å². The topological polar surface area (TPSA) is 117 Å². The van der Waals surface area contributed by atoms with Crippen molar-refractivity contribution in [1.29, 1.82) is 0 Å². The summed E-state index contributed by atoms with van der Waals surface area (Å²) in [4.78, 5) is 34.2. The Morgan fingerprint density at radius 1 is 1.24 bits per heavy atom. The van der Waals surface area contributed by atoms with E-state index in [4.69, 9.17) is 4.42 Å². The number of halogens is 3. The van der Waals surface area contributed by atoms with E-state index in [9.17, 15) is 32.9 Å². The number of aromatic nitrogens is 1. The molecule has 0 bridgehead atoms. The van der Waals surface area contributed by atoms with Crippen molar-refractivity contribution in [1.82, 2.24) is 9.88 Å². The number of alkyl halides is 3. The van der Waals surface area contributed by atoms with Crippen molar-refractivity contribution < 1.29 is 32.0 Å². The maximum absolute atomic E-state index is 12.4. The van der Waals surface area contributed by atoms with E-state index in [2.05, 4.69) is 10.1 Å². The first-order valence-corrected chi connectivity index (χ1v) is 8.02. The Morgan fingerprint density at radius 3 is 2.66 bits per heavy atom. The summed E-state index contributed by atoms with van der Waals surface area (Å²) in [5.74, 6) is -2.05. The van der Waals surface area contributed by atoms with E-state index in [0.717, 1.165) is 22.8 Å². The minimum Gasteiger partial charge on any atom is -0.407 e. The van der Waals surface area contributed by atoms with Gasteiger partial charge in [0.1, 0.15) is 12.3 Å². The number of fused-ring (bicyclic) bond motifs is 1. The van der Waals surface area contributed by atoms with Crippen molar-refractivity contribution in [3.05, 3.63) is 68.7 Å². The van der Waals surface area contributed by atoms with Crippen molar-refractivity contribution in [3.8, 4) is 5.75 Å². The van der Waals surface area contributed by atoms with Crippen LogP contribution < -0.4 is 15.8 Å². The van der Waals surface area contributed by atoms with Gasteiger partial charge >= 0.3 is 12.1 Å². The zero-order chi connectivity index (χ0) is 21.2. The fraction of sp³-hybridized carbons (Fsp3) is 0.176. The smallest absolute Gasteiger partial charge is 0.407 e. The molecule has 0 atom stereocenters. The minimum atomic E-state index is -4.88. The van der Waals surface area contributed by atoms with Gasteiger partial charge < -0.3 is 14.5 Å². The highest BCUT2D eigenvalue weighted by Crippen LogP contribution is 2.26. The molecule has 29 heavy (non-hydrogen) atoms. The SMILES string of the molecule is O=C(Cn1c(=O)oc2cc([N+](=O)[O-])ccc21)NCc1ccccc1OC(F)(F)F. The molecule has 0 fully saturated rings. The van der Waals surface area contributed by atoms with Crippen LogP contribution in [0, 0.1) is 10.1 Å². The fourth-order valence-corrected chi connectivity index (χ4v) is 2.59. The standard InChI is InChI=1S/C17H12F3N3O6/c18-17(19,20)29-13-4-2-1-3-10(13)8-21-15(24)9-22-12-6-5-11(23(26)27)7-14(12)28-16(22)25/h1-7H,8-9H2,(H,21,24). The van der Waals surface area contributed by atoms with Crippen molar-refractivity contribution in [2.75, 3.05) is 0 Å². The lowest BCUT2D eigenvalue weighted by Crippen LogP contribution is -2.30. The van der Waals surface area contributed by atoms with Crippen molar-refractivity contribution in [2.45, 2.75) is 19.5 Å². The average molecular weight is 411 g/mol. The number of rotatable bonds is 6. The Bertz CT molecular complexity index is 1140. The Hall–Kier alpha value is -3.83. The van der Waals surface area contributed by atoms with Crippen LogP contribution in [0.15, 0.2) is 51.7 Å².